The van der Waals surface area contributed by atoms with Gasteiger partial charge in [0.15, 0.2) is 0 Å². The SMILES string of the molecule is CC(c1ccccc1)n1cc(-c2cn(C)c(=O)c3c2CCC3)cn1. The van der Waals surface area contributed by atoms with Crippen LogP contribution >= 0.6 is 0 Å². The molecule has 0 radical (unpaired) electrons. The Morgan fingerprint density at radius 2 is 1.83 bits per heavy atom. The molecule has 4 rings (SSSR count). The predicted octanol–water partition coefficient (Wildman–Crippen LogP) is 3.35. The van der Waals surface area contributed by atoms with Crippen LogP contribution < -0.4 is 5.56 Å². The summed E-state index contributed by atoms with van der Waals surface area (Å²) in [5, 5.41) is 4.58. The molecule has 0 bridgehead atoms. The summed E-state index contributed by atoms with van der Waals surface area (Å²) >= 11 is 0. The van der Waals surface area contributed by atoms with Gasteiger partial charge in [0.25, 0.3) is 5.56 Å². The molecule has 0 spiro atoms. The van der Waals surface area contributed by atoms with Crippen LogP contribution in [0.4, 0.5) is 0 Å². The molecule has 3 aromatic rings. The van der Waals surface area contributed by atoms with Crippen LogP contribution in [0.5, 0.6) is 0 Å². The highest BCUT2D eigenvalue weighted by Crippen LogP contribution is 2.31. The molecule has 0 amide bonds. The Kier molecular flexibility index (Phi) is 3.60. The number of aryl methyl sites for hydroxylation is 1. The maximum absolute atomic E-state index is 12.3. The van der Waals surface area contributed by atoms with Gasteiger partial charge in [-0.15, -0.1) is 0 Å². The Bertz CT molecular complexity index is 937. The summed E-state index contributed by atoms with van der Waals surface area (Å²) in [6, 6.07) is 10.6. The average molecular weight is 319 g/mol. The maximum atomic E-state index is 12.3. The van der Waals surface area contributed by atoms with E-state index in [0.29, 0.717) is 0 Å². The smallest absolute Gasteiger partial charge is 0.253 e. The number of hydrogen-bond acceptors (Lipinski definition) is 2. The summed E-state index contributed by atoms with van der Waals surface area (Å²) in [5.74, 6) is 0. The standard InChI is InChI=1S/C20H21N3O/c1-14(15-7-4-3-5-8-15)23-12-16(11-21-23)19-13-22(2)20(24)18-10-6-9-17(18)19/h3-5,7-8,11-14H,6,9-10H2,1-2H3. The first-order chi connectivity index (χ1) is 11.6. The van der Waals surface area contributed by atoms with Gasteiger partial charge in [0, 0.05) is 36.1 Å². The fourth-order valence-corrected chi connectivity index (χ4v) is 3.64. The lowest BCUT2D eigenvalue weighted by Gasteiger charge is -2.12. The van der Waals surface area contributed by atoms with E-state index in [1.807, 2.05) is 30.2 Å². The van der Waals surface area contributed by atoms with Crippen molar-refractivity contribution < 1.29 is 0 Å². The lowest BCUT2D eigenvalue weighted by molar-refractivity contribution is 0.565. The molecule has 1 aliphatic carbocycles. The molecule has 122 valence electrons. The predicted molar refractivity (Wildman–Crippen MR) is 95.2 cm³/mol. The van der Waals surface area contributed by atoms with Crippen LogP contribution in [0.1, 0.15) is 36.1 Å². The number of rotatable bonds is 3. The van der Waals surface area contributed by atoms with Crippen molar-refractivity contribution in [1.29, 1.82) is 0 Å². The van der Waals surface area contributed by atoms with Crippen LogP contribution in [0, 0.1) is 0 Å². The van der Waals surface area contributed by atoms with Gasteiger partial charge in [0.2, 0.25) is 0 Å². The third-order valence-corrected chi connectivity index (χ3v) is 5.04. The van der Waals surface area contributed by atoms with Crippen molar-refractivity contribution in [1.82, 2.24) is 14.3 Å². The Hall–Kier alpha value is -2.62. The molecule has 1 atom stereocenters. The zero-order chi connectivity index (χ0) is 16.7. The Labute approximate surface area is 141 Å². The van der Waals surface area contributed by atoms with Crippen molar-refractivity contribution in [3.05, 3.63) is 76.0 Å². The molecule has 0 fully saturated rings. The van der Waals surface area contributed by atoms with E-state index in [9.17, 15) is 4.79 Å². The van der Waals surface area contributed by atoms with Crippen molar-refractivity contribution in [2.24, 2.45) is 7.05 Å². The topological polar surface area (TPSA) is 39.8 Å². The highest BCUT2D eigenvalue weighted by atomic mass is 16.1. The fourth-order valence-electron chi connectivity index (χ4n) is 3.64. The van der Waals surface area contributed by atoms with Gasteiger partial charge in [-0.2, -0.15) is 5.10 Å². The number of nitrogens with zero attached hydrogens (tertiary/aromatic N) is 3. The second-order valence-corrected chi connectivity index (χ2v) is 6.57. The summed E-state index contributed by atoms with van der Waals surface area (Å²) < 4.78 is 3.70. The van der Waals surface area contributed by atoms with Crippen molar-refractivity contribution in [3.63, 3.8) is 0 Å². The van der Waals surface area contributed by atoms with E-state index >= 15 is 0 Å². The van der Waals surface area contributed by atoms with Crippen molar-refractivity contribution in [2.75, 3.05) is 0 Å². The number of pyridine rings is 1. The van der Waals surface area contributed by atoms with Gasteiger partial charge in [0.05, 0.1) is 12.2 Å². The van der Waals surface area contributed by atoms with E-state index in [-0.39, 0.29) is 11.6 Å². The molecule has 1 unspecified atom stereocenters. The lowest BCUT2D eigenvalue weighted by Crippen LogP contribution is -2.21. The van der Waals surface area contributed by atoms with Crippen LogP contribution in [0.25, 0.3) is 11.1 Å². The van der Waals surface area contributed by atoms with Crippen molar-refractivity contribution in [3.8, 4) is 11.1 Å². The number of aromatic nitrogens is 3. The molecule has 0 aliphatic heterocycles. The molecule has 2 heterocycles. The summed E-state index contributed by atoms with van der Waals surface area (Å²) in [7, 11) is 1.83. The molecule has 4 heteroatoms. The van der Waals surface area contributed by atoms with Crippen molar-refractivity contribution in [2.45, 2.75) is 32.2 Å². The normalized spacial score (nSPS) is 14.6. The van der Waals surface area contributed by atoms with Gasteiger partial charge in [-0.1, -0.05) is 30.3 Å². The monoisotopic (exact) mass is 319 g/mol. The van der Waals surface area contributed by atoms with Gasteiger partial charge in [-0.3, -0.25) is 9.48 Å². The molecule has 24 heavy (non-hydrogen) atoms. The van der Waals surface area contributed by atoms with Gasteiger partial charge >= 0.3 is 0 Å². The van der Waals surface area contributed by atoms with E-state index in [1.165, 1.54) is 11.1 Å². The highest BCUT2D eigenvalue weighted by molar-refractivity contribution is 5.67. The number of benzene rings is 1. The third kappa shape index (κ3) is 2.39. The van der Waals surface area contributed by atoms with E-state index in [1.54, 1.807) is 4.57 Å². The number of fused-ring (bicyclic) bond motifs is 1. The van der Waals surface area contributed by atoms with E-state index < -0.39 is 0 Å². The van der Waals surface area contributed by atoms with Crippen LogP contribution in [-0.4, -0.2) is 14.3 Å². The molecule has 1 aromatic carbocycles. The zero-order valence-corrected chi connectivity index (χ0v) is 14.1. The summed E-state index contributed by atoms with van der Waals surface area (Å²) in [6.07, 6.45) is 8.91. The summed E-state index contributed by atoms with van der Waals surface area (Å²) in [5.41, 5.74) is 5.82. The minimum absolute atomic E-state index is 0.149. The van der Waals surface area contributed by atoms with Gasteiger partial charge in [0.1, 0.15) is 0 Å². The van der Waals surface area contributed by atoms with E-state index in [0.717, 1.165) is 36.0 Å². The summed E-state index contributed by atoms with van der Waals surface area (Å²) in [4.78, 5) is 12.3. The van der Waals surface area contributed by atoms with E-state index in [4.69, 9.17) is 0 Å². The quantitative estimate of drug-likeness (QED) is 0.743. The molecule has 2 aromatic heterocycles. The Balaban J connectivity index is 1.75. The Morgan fingerprint density at radius 3 is 2.62 bits per heavy atom. The number of hydrogen-bond donors (Lipinski definition) is 0. The maximum Gasteiger partial charge on any atom is 0.253 e. The average Bonchev–Trinajstić information content (AvgIpc) is 3.28. The summed E-state index contributed by atoms with van der Waals surface area (Å²) in [6.45, 7) is 2.15. The second-order valence-electron chi connectivity index (χ2n) is 6.57. The highest BCUT2D eigenvalue weighted by Gasteiger charge is 2.21. The van der Waals surface area contributed by atoms with Crippen LogP contribution in [0.3, 0.4) is 0 Å². The van der Waals surface area contributed by atoms with Crippen LogP contribution in [0.2, 0.25) is 0 Å². The second kappa shape index (κ2) is 5.78. The first-order valence-electron chi connectivity index (χ1n) is 8.46. The molecular weight excluding hydrogens is 298 g/mol. The molecule has 0 saturated carbocycles. The Morgan fingerprint density at radius 1 is 1.08 bits per heavy atom. The minimum atomic E-state index is 0.149. The lowest BCUT2D eigenvalue weighted by atomic mass is 10.0. The van der Waals surface area contributed by atoms with E-state index in [2.05, 4.69) is 42.5 Å². The van der Waals surface area contributed by atoms with Gasteiger partial charge < -0.3 is 4.57 Å². The minimum Gasteiger partial charge on any atom is -0.318 e. The van der Waals surface area contributed by atoms with Crippen molar-refractivity contribution >= 4 is 0 Å². The van der Waals surface area contributed by atoms with Gasteiger partial charge in [-0.05, 0) is 37.3 Å². The largest absolute Gasteiger partial charge is 0.318 e. The fraction of sp³-hybridized carbons (Fsp3) is 0.300. The molecular formula is C20H21N3O. The molecule has 0 saturated heterocycles. The first kappa shape index (κ1) is 14.9. The first-order valence-corrected chi connectivity index (χ1v) is 8.46. The van der Waals surface area contributed by atoms with Gasteiger partial charge in [-0.25, -0.2) is 0 Å². The van der Waals surface area contributed by atoms with Crippen LogP contribution in [-0.2, 0) is 19.9 Å². The van der Waals surface area contributed by atoms with Crippen LogP contribution in [0.15, 0.2) is 53.7 Å². The third-order valence-electron chi connectivity index (χ3n) is 5.04. The molecule has 1 aliphatic rings. The molecule has 4 nitrogen and oxygen atoms in total. The zero-order valence-electron chi connectivity index (χ0n) is 14.1. The molecule has 0 N–H and O–H groups in total.